The van der Waals surface area contributed by atoms with Crippen LogP contribution in [0.4, 0.5) is 10.5 Å². The van der Waals surface area contributed by atoms with Gasteiger partial charge in [-0.15, -0.1) is 0 Å². The van der Waals surface area contributed by atoms with E-state index in [4.69, 9.17) is 5.26 Å². The fourth-order valence-electron chi connectivity index (χ4n) is 3.45. The highest BCUT2D eigenvalue weighted by atomic mass is 16.2. The van der Waals surface area contributed by atoms with Gasteiger partial charge in [-0.3, -0.25) is 0 Å². The summed E-state index contributed by atoms with van der Waals surface area (Å²) in [6.07, 6.45) is 4.73. The van der Waals surface area contributed by atoms with Gasteiger partial charge in [-0.2, -0.15) is 5.26 Å². The predicted octanol–water partition coefficient (Wildman–Crippen LogP) is 2.55. The van der Waals surface area contributed by atoms with E-state index in [-0.39, 0.29) is 6.03 Å². The van der Waals surface area contributed by atoms with Crippen molar-refractivity contribution < 1.29 is 4.79 Å². The number of hydrogen-bond donors (Lipinski definition) is 2. The zero-order valence-electron chi connectivity index (χ0n) is 12.7. The lowest BCUT2D eigenvalue weighted by atomic mass is 9.89. The number of rotatable bonds is 2. The largest absolute Gasteiger partial charge is 0.325 e. The number of nitrogens with zero attached hydrogens (tertiary/aromatic N) is 2. The summed E-state index contributed by atoms with van der Waals surface area (Å²) in [7, 11) is 0. The van der Waals surface area contributed by atoms with Crippen molar-refractivity contribution in [3.05, 3.63) is 29.8 Å². The van der Waals surface area contributed by atoms with Crippen molar-refractivity contribution in [2.24, 2.45) is 5.92 Å². The van der Waals surface area contributed by atoms with Crippen LogP contribution in [0, 0.1) is 17.2 Å². The SMILES string of the molecule is N#Cc1ccc(NC(=O)N2CCC(C3CCCN3)CC2)cc1. The molecule has 2 N–H and O–H groups in total. The molecule has 0 aromatic heterocycles. The third kappa shape index (κ3) is 3.40. The normalized spacial score (nSPS) is 22.3. The van der Waals surface area contributed by atoms with E-state index >= 15 is 0 Å². The number of carbonyl (C=O) groups excluding carboxylic acids is 1. The lowest BCUT2D eigenvalue weighted by Gasteiger charge is -2.34. The number of nitriles is 1. The molecule has 5 heteroatoms. The first-order valence-electron chi connectivity index (χ1n) is 8.06. The molecular formula is C17H22N4O. The summed E-state index contributed by atoms with van der Waals surface area (Å²) in [5.41, 5.74) is 1.34. The second kappa shape index (κ2) is 6.80. The van der Waals surface area contributed by atoms with E-state index in [1.807, 2.05) is 4.90 Å². The Kier molecular flexibility index (Phi) is 4.59. The molecule has 0 spiro atoms. The van der Waals surface area contributed by atoms with Gasteiger partial charge >= 0.3 is 6.03 Å². The van der Waals surface area contributed by atoms with Crippen LogP contribution in [0.25, 0.3) is 0 Å². The van der Waals surface area contributed by atoms with Crippen LogP contribution in [-0.4, -0.2) is 36.6 Å². The number of anilines is 1. The van der Waals surface area contributed by atoms with Gasteiger partial charge in [0.1, 0.15) is 0 Å². The number of urea groups is 1. The average Bonchev–Trinajstić information content (AvgIpc) is 3.10. The number of carbonyl (C=O) groups is 1. The molecule has 0 aliphatic carbocycles. The smallest absolute Gasteiger partial charge is 0.321 e. The van der Waals surface area contributed by atoms with E-state index < -0.39 is 0 Å². The van der Waals surface area contributed by atoms with E-state index in [1.165, 1.54) is 12.8 Å². The predicted molar refractivity (Wildman–Crippen MR) is 85.5 cm³/mol. The molecule has 0 saturated carbocycles. The van der Waals surface area contributed by atoms with Crippen molar-refractivity contribution in [1.29, 1.82) is 5.26 Å². The third-order valence-corrected chi connectivity index (χ3v) is 4.76. The minimum absolute atomic E-state index is 0.0393. The Hall–Kier alpha value is -2.06. The Morgan fingerprint density at radius 1 is 1.23 bits per heavy atom. The highest BCUT2D eigenvalue weighted by molar-refractivity contribution is 5.89. The molecule has 2 aliphatic rings. The number of likely N-dealkylation sites (tertiary alicyclic amines) is 1. The van der Waals surface area contributed by atoms with E-state index in [2.05, 4.69) is 16.7 Å². The average molecular weight is 298 g/mol. The number of piperidine rings is 1. The van der Waals surface area contributed by atoms with Crippen molar-refractivity contribution in [3.63, 3.8) is 0 Å². The van der Waals surface area contributed by atoms with Crippen LogP contribution in [0.3, 0.4) is 0 Å². The van der Waals surface area contributed by atoms with Gasteiger partial charge < -0.3 is 15.5 Å². The zero-order chi connectivity index (χ0) is 15.4. The lowest BCUT2D eigenvalue weighted by Crippen LogP contribution is -2.44. The topological polar surface area (TPSA) is 68.2 Å². The Bertz CT molecular complexity index is 549. The fraction of sp³-hybridized carbons (Fsp3) is 0.529. The molecule has 2 saturated heterocycles. The molecule has 0 radical (unpaired) electrons. The Morgan fingerprint density at radius 2 is 1.95 bits per heavy atom. The van der Waals surface area contributed by atoms with Crippen LogP contribution in [0.15, 0.2) is 24.3 Å². The van der Waals surface area contributed by atoms with Gasteiger partial charge in [-0.25, -0.2) is 4.79 Å². The molecule has 1 aromatic carbocycles. The van der Waals surface area contributed by atoms with Crippen LogP contribution in [0.5, 0.6) is 0 Å². The molecule has 5 nitrogen and oxygen atoms in total. The van der Waals surface area contributed by atoms with Crippen LogP contribution >= 0.6 is 0 Å². The first-order valence-corrected chi connectivity index (χ1v) is 8.06. The first-order chi connectivity index (χ1) is 10.8. The summed E-state index contributed by atoms with van der Waals surface area (Å²) in [4.78, 5) is 14.2. The highest BCUT2D eigenvalue weighted by Gasteiger charge is 2.29. The molecule has 2 heterocycles. The quantitative estimate of drug-likeness (QED) is 0.881. The molecule has 1 atom stereocenters. The molecule has 0 bridgehead atoms. The van der Waals surface area contributed by atoms with Crippen molar-refractivity contribution in [2.45, 2.75) is 31.7 Å². The molecule has 116 valence electrons. The number of nitrogens with one attached hydrogen (secondary N) is 2. The molecule has 2 fully saturated rings. The number of hydrogen-bond acceptors (Lipinski definition) is 3. The maximum Gasteiger partial charge on any atom is 0.321 e. The van der Waals surface area contributed by atoms with Gasteiger partial charge in [-0.1, -0.05) is 0 Å². The maximum absolute atomic E-state index is 12.3. The molecule has 1 aromatic rings. The van der Waals surface area contributed by atoms with Crippen molar-refractivity contribution in [2.75, 3.05) is 25.0 Å². The minimum Gasteiger partial charge on any atom is -0.325 e. The van der Waals surface area contributed by atoms with Crippen molar-refractivity contribution in [3.8, 4) is 6.07 Å². The van der Waals surface area contributed by atoms with E-state index in [0.717, 1.165) is 38.2 Å². The van der Waals surface area contributed by atoms with Crippen LogP contribution < -0.4 is 10.6 Å². The second-order valence-corrected chi connectivity index (χ2v) is 6.15. The van der Waals surface area contributed by atoms with Crippen molar-refractivity contribution >= 4 is 11.7 Å². The summed E-state index contributed by atoms with van der Waals surface area (Å²) >= 11 is 0. The molecule has 2 aliphatic heterocycles. The van der Waals surface area contributed by atoms with Crippen LogP contribution in [-0.2, 0) is 0 Å². The molecule has 3 rings (SSSR count). The number of benzene rings is 1. The van der Waals surface area contributed by atoms with Gasteiger partial charge in [0.25, 0.3) is 0 Å². The van der Waals surface area contributed by atoms with Gasteiger partial charge in [0.2, 0.25) is 0 Å². The summed E-state index contributed by atoms with van der Waals surface area (Å²) in [6, 6.07) is 9.66. The first kappa shape index (κ1) is 14.9. The van der Waals surface area contributed by atoms with Crippen molar-refractivity contribution in [1.82, 2.24) is 10.2 Å². The fourth-order valence-corrected chi connectivity index (χ4v) is 3.45. The molecule has 22 heavy (non-hydrogen) atoms. The van der Waals surface area contributed by atoms with E-state index in [1.54, 1.807) is 24.3 Å². The molecular weight excluding hydrogens is 276 g/mol. The second-order valence-electron chi connectivity index (χ2n) is 6.15. The minimum atomic E-state index is -0.0393. The third-order valence-electron chi connectivity index (χ3n) is 4.76. The summed E-state index contributed by atoms with van der Waals surface area (Å²) in [5, 5.41) is 15.3. The van der Waals surface area contributed by atoms with Crippen LogP contribution in [0.1, 0.15) is 31.2 Å². The lowest BCUT2D eigenvalue weighted by molar-refractivity contribution is 0.170. The highest BCUT2D eigenvalue weighted by Crippen LogP contribution is 2.26. The monoisotopic (exact) mass is 298 g/mol. The summed E-state index contributed by atoms with van der Waals surface area (Å²) in [6.45, 7) is 2.79. The van der Waals surface area contributed by atoms with E-state index in [0.29, 0.717) is 17.5 Å². The van der Waals surface area contributed by atoms with Gasteiger partial charge in [0, 0.05) is 24.8 Å². The van der Waals surface area contributed by atoms with Gasteiger partial charge in [-0.05, 0) is 62.4 Å². The van der Waals surface area contributed by atoms with Gasteiger partial charge in [0.05, 0.1) is 11.6 Å². The Morgan fingerprint density at radius 3 is 2.55 bits per heavy atom. The van der Waals surface area contributed by atoms with Crippen LogP contribution in [0.2, 0.25) is 0 Å². The van der Waals surface area contributed by atoms with Gasteiger partial charge in [0.15, 0.2) is 0 Å². The van der Waals surface area contributed by atoms with E-state index in [9.17, 15) is 4.79 Å². The molecule has 1 unspecified atom stereocenters. The Balaban J connectivity index is 1.50. The summed E-state index contributed by atoms with van der Waals surface area (Å²) in [5.74, 6) is 0.710. The standard InChI is InChI=1S/C17H22N4O/c18-12-13-3-5-15(6-4-13)20-17(22)21-10-7-14(8-11-21)16-2-1-9-19-16/h3-6,14,16,19H,1-2,7-11H2,(H,20,22). The Labute approximate surface area is 131 Å². The zero-order valence-corrected chi connectivity index (χ0v) is 12.7. The molecule has 2 amide bonds. The number of amides is 2. The maximum atomic E-state index is 12.3. The summed E-state index contributed by atoms with van der Waals surface area (Å²) < 4.78 is 0.